The molecule has 2 rings (SSSR count). The topological polar surface area (TPSA) is 52.4 Å². The normalized spacial score (nSPS) is 10.3. The molecule has 0 N–H and O–H groups in total. The fraction of sp³-hybridized carbons (Fsp3) is 0.200. The summed E-state index contributed by atoms with van der Waals surface area (Å²) in [5.41, 5.74) is 2.90. The molecule has 0 unspecified atom stereocenters. The van der Waals surface area contributed by atoms with Gasteiger partial charge in [0.1, 0.15) is 11.5 Å². The van der Waals surface area contributed by atoms with E-state index in [0.29, 0.717) is 5.75 Å². The zero-order valence-electron chi connectivity index (χ0n) is 11.1. The Bertz CT molecular complexity index is 615. The molecule has 19 heavy (non-hydrogen) atoms. The number of benzene rings is 2. The van der Waals surface area contributed by atoms with Gasteiger partial charge in [-0.3, -0.25) is 10.1 Å². The summed E-state index contributed by atoms with van der Waals surface area (Å²) in [6.07, 6.45) is 0. The molecule has 98 valence electrons. The molecule has 0 atom stereocenters. The second-order valence-corrected chi connectivity index (χ2v) is 4.53. The van der Waals surface area contributed by atoms with Crippen molar-refractivity contribution >= 4 is 5.69 Å². The fourth-order valence-corrected chi connectivity index (χ4v) is 1.93. The number of hydrogen-bond donors (Lipinski definition) is 0. The van der Waals surface area contributed by atoms with Crippen LogP contribution in [0.2, 0.25) is 0 Å². The maximum atomic E-state index is 10.7. The molecule has 0 saturated heterocycles. The predicted octanol–water partition coefficient (Wildman–Crippen LogP) is 4.31. The van der Waals surface area contributed by atoms with Crippen molar-refractivity contribution in [3.05, 3.63) is 63.2 Å². The van der Waals surface area contributed by atoms with Crippen molar-refractivity contribution in [2.45, 2.75) is 20.8 Å². The monoisotopic (exact) mass is 257 g/mol. The second-order valence-electron chi connectivity index (χ2n) is 4.53. The summed E-state index contributed by atoms with van der Waals surface area (Å²) in [5.74, 6) is 1.45. The molecule has 0 radical (unpaired) electrons. The third-order valence-corrected chi connectivity index (χ3v) is 2.99. The highest BCUT2D eigenvalue weighted by molar-refractivity contribution is 5.48. The molecule has 0 aliphatic rings. The first-order valence-corrected chi connectivity index (χ1v) is 5.98. The van der Waals surface area contributed by atoms with Gasteiger partial charge in [-0.25, -0.2) is 0 Å². The quantitative estimate of drug-likeness (QED) is 0.608. The first kappa shape index (κ1) is 13.1. The predicted molar refractivity (Wildman–Crippen MR) is 73.8 cm³/mol. The molecular formula is C15H15NO3. The maximum Gasteiger partial charge on any atom is 0.269 e. The van der Waals surface area contributed by atoms with Crippen LogP contribution in [0.3, 0.4) is 0 Å². The minimum absolute atomic E-state index is 0.0753. The Morgan fingerprint density at radius 2 is 1.63 bits per heavy atom. The van der Waals surface area contributed by atoms with Crippen molar-refractivity contribution in [2.24, 2.45) is 0 Å². The lowest BCUT2D eigenvalue weighted by Crippen LogP contribution is -1.94. The minimum atomic E-state index is -0.407. The summed E-state index contributed by atoms with van der Waals surface area (Å²) in [7, 11) is 0. The molecular weight excluding hydrogens is 242 g/mol. The molecule has 0 amide bonds. The second kappa shape index (κ2) is 5.10. The molecule has 0 spiro atoms. The number of aryl methyl sites for hydroxylation is 3. The van der Waals surface area contributed by atoms with Gasteiger partial charge >= 0.3 is 0 Å². The van der Waals surface area contributed by atoms with Gasteiger partial charge in [0.05, 0.1) is 4.92 Å². The summed E-state index contributed by atoms with van der Waals surface area (Å²) in [5, 5.41) is 10.7. The van der Waals surface area contributed by atoms with E-state index in [-0.39, 0.29) is 5.69 Å². The third-order valence-electron chi connectivity index (χ3n) is 2.99. The van der Waals surface area contributed by atoms with Crippen LogP contribution in [0.1, 0.15) is 16.7 Å². The standard InChI is InChI=1S/C15H15NO3/c1-10-5-4-6-11(2)15(10)19-14-8-7-13(16(17)18)9-12(14)3/h4-9H,1-3H3. The Morgan fingerprint density at radius 1 is 1.00 bits per heavy atom. The Kier molecular flexibility index (Phi) is 3.51. The van der Waals surface area contributed by atoms with Gasteiger partial charge in [0.25, 0.3) is 5.69 Å². The zero-order valence-corrected chi connectivity index (χ0v) is 11.1. The molecule has 2 aromatic rings. The average molecular weight is 257 g/mol. The van der Waals surface area contributed by atoms with E-state index >= 15 is 0 Å². The number of hydrogen-bond acceptors (Lipinski definition) is 3. The van der Waals surface area contributed by atoms with Crippen LogP contribution in [-0.4, -0.2) is 4.92 Å². The number of para-hydroxylation sites is 1. The Balaban J connectivity index is 2.36. The van der Waals surface area contributed by atoms with Gasteiger partial charge in [0.2, 0.25) is 0 Å². The summed E-state index contributed by atoms with van der Waals surface area (Å²) >= 11 is 0. The van der Waals surface area contributed by atoms with Crippen molar-refractivity contribution in [2.75, 3.05) is 0 Å². The van der Waals surface area contributed by atoms with Gasteiger partial charge < -0.3 is 4.74 Å². The van der Waals surface area contributed by atoms with Crippen LogP contribution in [0, 0.1) is 30.9 Å². The van der Waals surface area contributed by atoms with E-state index in [2.05, 4.69) is 0 Å². The smallest absolute Gasteiger partial charge is 0.269 e. The van der Waals surface area contributed by atoms with Crippen LogP contribution >= 0.6 is 0 Å². The zero-order chi connectivity index (χ0) is 14.0. The van der Waals surface area contributed by atoms with E-state index in [4.69, 9.17) is 4.74 Å². The van der Waals surface area contributed by atoms with Crippen molar-refractivity contribution in [1.82, 2.24) is 0 Å². The summed E-state index contributed by atoms with van der Waals surface area (Å²) in [4.78, 5) is 10.3. The number of ether oxygens (including phenoxy) is 1. The van der Waals surface area contributed by atoms with Crippen LogP contribution in [0.5, 0.6) is 11.5 Å². The fourth-order valence-electron chi connectivity index (χ4n) is 1.93. The lowest BCUT2D eigenvalue weighted by atomic mass is 10.1. The lowest BCUT2D eigenvalue weighted by Gasteiger charge is -2.13. The molecule has 0 fully saturated rings. The Morgan fingerprint density at radius 3 is 2.16 bits per heavy atom. The average Bonchev–Trinajstić information content (AvgIpc) is 2.35. The first-order chi connectivity index (χ1) is 8.99. The number of rotatable bonds is 3. The Hall–Kier alpha value is -2.36. The summed E-state index contributed by atoms with van der Waals surface area (Å²) in [6.45, 7) is 5.75. The molecule has 0 aliphatic heterocycles. The van der Waals surface area contributed by atoms with Gasteiger partial charge in [0.15, 0.2) is 0 Å². The molecule has 4 heteroatoms. The van der Waals surface area contributed by atoms with E-state index in [1.807, 2.05) is 32.0 Å². The lowest BCUT2D eigenvalue weighted by molar-refractivity contribution is -0.384. The van der Waals surface area contributed by atoms with Crippen molar-refractivity contribution in [3.63, 3.8) is 0 Å². The Labute approximate surface area is 111 Å². The SMILES string of the molecule is Cc1cc([N+](=O)[O-])ccc1Oc1c(C)cccc1C. The van der Waals surface area contributed by atoms with Crippen molar-refractivity contribution in [3.8, 4) is 11.5 Å². The molecule has 0 bridgehead atoms. The van der Waals surface area contributed by atoms with Gasteiger partial charge in [-0.2, -0.15) is 0 Å². The molecule has 0 heterocycles. The summed E-state index contributed by atoms with van der Waals surface area (Å²) in [6, 6.07) is 10.5. The van der Waals surface area contributed by atoms with Crippen LogP contribution in [0.15, 0.2) is 36.4 Å². The largest absolute Gasteiger partial charge is 0.457 e. The minimum Gasteiger partial charge on any atom is -0.457 e. The highest BCUT2D eigenvalue weighted by Gasteiger charge is 2.11. The number of non-ortho nitro benzene ring substituents is 1. The van der Waals surface area contributed by atoms with E-state index in [1.54, 1.807) is 13.0 Å². The van der Waals surface area contributed by atoms with Crippen molar-refractivity contribution in [1.29, 1.82) is 0 Å². The maximum absolute atomic E-state index is 10.7. The van der Waals surface area contributed by atoms with E-state index < -0.39 is 4.92 Å². The van der Waals surface area contributed by atoms with Gasteiger partial charge in [-0.05, 0) is 43.5 Å². The molecule has 0 saturated carbocycles. The van der Waals surface area contributed by atoms with Crippen molar-refractivity contribution < 1.29 is 9.66 Å². The van der Waals surface area contributed by atoms with E-state index in [1.165, 1.54) is 12.1 Å². The van der Waals surface area contributed by atoms with Crippen LogP contribution < -0.4 is 4.74 Å². The van der Waals surface area contributed by atoms with Crippen LogP contribution in [-0.2, 0) is 0 Å². The number of nitro groups is 1. The highest BCUT2D eigenvalue weighted by atomic mass is 16.6. The van der Waals surface area contributed by atoms with Crippen LogP contribution in [0.25, 0.3) is 0 Å². The highest BCUT2D eigenvalue weighted by Crippen LogP contribution is 2.32. The molecule has 2 aromatic carbocycles. The first-order valence-electron chi connectivity index (χ1n) is 5.98. The van der Waals surface area contributed by atoms with Crippen LogP contribution in [0.4, 0.5) is 5.69 Å². The van der Waals surface area contributed by atoms with E-state index in [9.17, 15) is 10.1 Å². The number of nitro benzene ring substituents is 1. The van der Waals surface area contributed by atoms with Gasteiger partial charge in [0, 0.05) is 12.1 Å². The van der Waals surface area contributed by atoms with Gasteiger partial charge in [-0.1, -0.05) is 18.2 Å². The third kappa shape index (κ3) is 2.73. The molecule has 4 nitrogen and oxygen atoms in total. The summed E-state index contributed by atoms with van der Waals surface area (Å²) < 4.78 is 5.88. The van der Waals surface area contributed by atoms with Gasteiger partial charge in [-0.15, -0.1) is 0 Å². The number of nitrogens with zero attached hydrogens (tertiary/aromatic N) is 1. The van der Waals surface area contributed by atoms with E-state index in [0.717, 1.165) is 22.4 Å². The molecule has 0 aromatic heterocycles. The molecule has 0 aliphatic carbocycles.